The minimum Gasteiger partial charge on any atom is -0.490 e. The molecule has 6 heteroatoms. The van der Waals surface area contributed by atoms with Gasteiger partial charge in [-0.25, -0.2) is 0 Å². The number of fused-ring (bicyclic) bond motifs is 1. The normalized spacial score (nSPS) is 15.3. The summed E-state index contributed by atoms with van der Waals surface area (Å²) < 4.78 is 15.8. The van der Waals surface area contributed by atoms with Crippen LogP contribution in [0.25, 0.3) is 0 Å². The van der Waals surface area contributed by atoms with Crippen molar-refractivity contribution in [1.82, 2.24) is 0 Å². The van der Waals surface area contributed by atoms with Gasteiger partial charge in [0, 0.05) is 30.0 Å². The molecule has 1 aliphatic heterocycles. The summed E-state index contributed by atoms with van der Waals surface area (Å²) in [6, 6.07) is 3.17. The zero-order valence-electron chi connectivity index (χ0n) is 11.4. The Bertz CT molecular complexity index is 492. The summed E-state index contributed by atoms with van der Waals surface area (Å²) in [5.74, 6) is 0.998. The lowest BCUT2D eigenvalue weighted by molar-refractivity contribution is -0.140. The average molecular weight is 300 g/mol. The van der Waals surface area contributed by atoms with E-state index in [-0.39, 0.29) is 18.4 Å². The monoisotopic (exact) mass is 299 g/mol. The highest BCUT2D eigenvalue weighted by molar-refractivity contribution is 6.31. The van der Waals surface area contributed by atoms with E-state index in [1.807, 2.05) is 0 Å². The Morgan fingerprint density at radius 3 is 2.70 bits per heavy atom. The molecule has 5 nitrogen and oxygen atoms in total. The van der Waals surface area contributed by atoms with Gasteiger partial charge >= 0.3 is 5.97 Å². The maximum Gasteiger partial charge on any atom is 0.305 e. The maximum absolute atomic E-state index is 11.2. The Morgan fingerprint density at radius 1 is 1.40 bits per heavy atom. The van der Waals surface area contributed by atoms with Crippen LogP contribution in [0.5, 0.6) is 11.5 Å². The van der Waals surface area contributed by atoms with Crippen LogP contribution in [0.1, 0.15) is 30.9 Å². The van der Waals surface area contributed by atoms with Gasteiger partial charge in [0.2, 0.25) is 0 Å². The van der Waals surface area contributed by atoms with Crippen LogP contribution in [0, 0.1) is 0 Å². The molecule has 0 saturated carbocycles. The molecule has 20 heavy (non-hydrogen) atoms. The third-order valence-electron chi connectivity index (χ3n) is 3.15. The summed E-state index contributed by atoms with van der Waals surface area (Å²) in [6.45, 7) is 1.21. The Morgan fingerprint density at radius 2 is 2.05 bits per heavy atom. The summed E-state index contributed by atoms with van der Waals surface area (Å²) in [5, 5.41) is 0.520. The molecule has 1 aliphatic rings. The first kappa shape index (κ1) is 14.9. The summed E-state index contributed by atoms with van der Waals surface area (Å²) in [5.41, 5.74) is 6.83. The molecule has 1 unspecified atom stereocenters. The largest absolute Gasteiger partial charge is 0.490 e. The lowest BCUT2D eigenvalue weighted by Crippen LogP contribution is -2.14. The predicted molar refractivity (Wildman–Crippen MR) is 75.2 cm³/mol. The van der Waals surface area contributed by atoms with Crippen LogP contribution >= 0.6 is 11.6 Å². The van der Waals surface area contributed by atoms with Crippen LogP contribution in [-0.4, -0.2) is 26.3 Å². The van der Waals surface area contributed by atoms with Gasteiger partial charge in [-0.05, 0) is 18.1 Å². The van der Waals surface area contributed by atoms with Gasteiger partial charge in [0.1, 0.15) is 0 Å². The highest BCUT2D eigenvalue weighted by atomic mass is 35.5. The number of methoxy groups -OCH3 is 1. The molecule has 0 fully saturated rings. The first-order valence-corrected chi connectivity index (χ1v) is 6.91. The van der Waals surface area contributed by atoms with E-state index in [0.717, 1.165) is 12.0 Å². The maximum atomic E-state index is 11.2. The zero-order chi connectivity index (χ0) is 14.5. The zero-order valence-corrected chi connectivity index (χ0v) is 12.1. The molecular formula is C14H18ClNO4. The van der Waals surface area contributed by atoms with Crippen LogP contribution in [0.4, 0.5) is 0 Å². The number of hydrogen-bond acceptors (Lipinski definition) is 5. The molecule has 1 atom stereocenters. The Kier molecular flexibility index (Phi) is 5.09. The fourth-order valence-corrected chi connectivity index (χ4v) is 2.31. The molecule has 0 bridgehead atoms. The van der Waals surface area contributed by atoms with Gasteiger partial charge in [-0.3, -0.25) is 4.79 Å². The Labute approximate surface area is 122 Å². The van der Waals surface area contributed by atoms with Crippen molar-refractivity contribution >= 4 is 17.6 Å². The molecule has 1 heterocycles. The highest BCUT2D eigenvalue weighted by Gasteiger charge is 2.18. The number of carbonyl (C=O) groups is 1. The third kappa shape index (κ3) is 3.55. The van der Waals surface area contributed by atoms with Crippen molar-refractivity contribution < 1.29 is 19.0 Å². The van der Waals surface area contributed by atoms with Crippen LogP contribution in [0.3, 0.4) is 0 Å². The van der Waals surface area contributed by atoms with Gasteiger partial charge in [-0.15, -0.1) is 0 Å². The first-order valence-electron chi connectivity index (χ1n) is 6.53. The quantitative estimate of drug-likeness (QED) is 0.865. The van der Waals surface area contributed by atoms with Crippen molar-refractivity contribution in [2.75, 3.05) is 20.3 Å². The second-order valence-electron chi connectivity index (χ2n) is 4.59. The minimum atomic E-state index is -0.348. The molecule has 110 valence electrons. The number of benzene rings is 1. The van der Waals surface area contributed by atoms with E-state index in [4.69, 9.17) is 26.8 Å². The van der Waals surface area contributed by atoms with Gasteiger partial charge in [-0.2, -0.15) is 0 Å². The fraction of sp³-hybridized carbons (Fsp3) is 0.500. The molecule has 0 radical (unpaired) electrons. The van der Waals surface area contributed by atoms with Crippen LogP contribution in [0.15, 0.2) is 12.1 Å². The number of ether oxygens (including phenoxy) is 3. The van der Waals surface area contributed by atoms with E-state index in [9.17, 15) is 4.79 Å². The Balaban J connectivity index is 2.14. The molecule has 0 aliphatic carbocycles. The smallest absolute Gasteiger partial charge is 0.305 e. The molecule has 1 aromatic carbocycles. The molecule has 2 N–H and O–H groups in total. The van der Waals surface area contributed by atoms with Crippen LogP contribution < -0.4 is 15.2 Å². The lowest BCUT2D eigenvalue weighted by Gasteiger charge is -2.16. The number of rotatable bonds is 4. The standard InChI is InChI=1S/C14H18ClNO4/c1-18-14(17)4-3-11(16)9-7-12-13(8-10(9)15)20-6-2-5-19-12/h7-8,11H,2-6,16H2,1H3. The van der Waals surface area contributed by atoms with Crippen molar-refractivity contribution in [3.05, 3.63) is 22.7 Å². The van der Waals surface area contributed by atoms with Crippen molar-refractivity contribution in [3.8, 4) is 11.5 Å². The van der Waals surface area contributed by atoms with E-state index in [2.05, 4.69) is 4.74 Å². The van der Waals surface area contributed by atoms with E-state index < -0.39 is 0 Å². The third-order valence-corrected chi connectivity index (χ3v) is 3.48. The summed E-state index contributed by atoms with van der Waals surface area (Å²) in [4.78, 5) is 11.2. The summed E-state index contributed by atoms with van der Waals surface area (Å²) in [6.07, 6.45) is 1.55. The van der Waals surface area contributed by atoms with Gasteiger partial charge in [0.25, 0.3) is 0 Å². The van der Waals surface area contributed by atoms with Gasteiger partial charge in [-0.1, -0.05) is 11.6 Å². The SMILES string of the molecule is COC(=O)CCC(N)c1cc2c(cc1Cl)OCCCO2. The second kappa shape index (κ2) is 6.81. The summed E-state index contributed by atoms with van der Waals surface area (Å²) in [7, 11) is 1.36. The number of carbonyl (C=O) groups excluding carboxylic acids is 1. The molecule has 0 aromatic heterocycles. The van der Waals surface area contributed by atoms with Gasteiger partial charge < -0.3 is 19.9 Å². The van der Waals surface area contributed by atoms with Crippen LogP contribution in [0.2, 0.25) is 5.02 Å². The van der Waals surface area contributed by atoms with Gasteiger partial charge in [0.05, 0.1) is 20.3 Å². The van der Waals surface area contributed by atoms with Crippen molar-refractivity contribution in [2.24, 2.45) is 5.73 Å². The Hall–Kier alpha value is -1.46. The number of esters is 1. The van der Waals surface area contributed by atoms with E-state index in [1.165, 1.54) is 7.11 Å². The first-order chi connectivity index (χ1) is 9.61. The van der Waals surface area contributed by atoms with E-state index in [1.54, 1.807) is 12.1 Å². The van der Waals surface area contributed by atoms with Gasteiger partial charge in [0.15, 0.2) is 11.5 Å². The summed E-state index contributed by atoms with van der Waals surface area (Å²) >= 11 is 6.23. The number of nitrogens with two attached hydrogens (primary N) is 1. The number of hydrogen-bond donors (Lipinski definition) is 1. The predicted octanol–water partition coefficient (Wildman–Crippen LogP) is 2.45. The van der Waals surface area contributed by atoms with E-state index in [0.29, 0.717) is 36.2 Å². The molecule has 0 amide bonds. The molecule has 1 aromatic rings. The van der Waals surface area contributed by atoms with Crippen molar-refractivity contribution in [3.63, 3.8) is 0 Å². The van der Waals surface area contributed by atoms with Crippen molar-refractivity contribution in [1.29, 1.82) is 0 Å². The minimum absolute atomic E-state index is 0.252. The molecule has 0 spiro atoms. The second-order valence-corrected chi connectivity index (χ2v) is 5.00. The van der Waals surface area contributed by atoms with E-state index >= 15 is 0 Å². The number of halogens is 1. The fourth-order valence-electron chi connectivity index (χ4n) is 2.01. The average Bonchev–Trinajstić information content (AvgIpc) is 2.68. The van der Waals surface area contributed by atoms with Crippen molar-refractivity contribution in [2.45, 2.75) is 25.3 Å². The lowest BCUT2D eigenvalue weighted by atomic mass is 10.0. The highest BCUT2D eigenvalue weighted by Crippen LogP contribution is 2.37. The van der Waals surface area contributed by atoms with Crippen LogP contribution in [-0.2, 0) is 9.53 Å². The molecule has 2 rings (SSSR count). The molecular weight excluding hydrogens is 282 g/mol. The topological polar surface area (TPSA) is 70.8 Å². The molecule has 0 saturated heterocycles.